The molecular weight excluding hydrogens is 288 g/mol. The van der Waals surface area contributed by atoms with E-state index < -0.39 is 0 Å². The lowest BCUT2D eigenvalue weighted by molar-refractivity contribution is -0.109. The van der Waals surface area contributed by atoms with Crippen LogP contribution in [0.15, 0.2) is 11.6 Å². The van der Waals surface area contributed by atoms with Gasteiger partial charge < -0.3 is 9.53 Å². The SMILES string of the molecule is CC1(C)CCC[C@]2(C)[C@H]1CC[C@@]1(CO1)[C@@H]2C/C=C(/C=O)CC=O. The third-order valence-corrected chi connectivity index (χ3v) is 7.16. The molecule has 0 aromatic heterocycles. The zero-order chi connectivity index (χ0) is 16.7. The Hall–Kier alpha value is -0.960. The molecule has 23 heavy (non-hydrogen) atoms. The van der Waals surface area contributed by atoms with Crippen LogP contribution in [0.4, 0.5) is 0 Å². The predicted octanol–water partition coefficient (Wildman–Crippen LogP) is 4.10. The summed E-state index contributed by atoms with van der Waals surface area (Å²) in [4.78, 5) is 21.9. The van der Waals surface area contributed by atoms with Crippen molar-refractivity contribution < 1.29 is 14.3 Å². The van der Waals surface area contributed by atoms with Gasteiger partial charge in [0.1, 0.15) is 12.6 Å². The Balaban J connectivity index is 1.88. The Labute approximate surface area is 139 Å². The standard InChI is InChI=1S/C20H30O3/c1-18(2)9-4-10-19(3)16(18)7-11-20(14-23-20)17(19)6-5-15(13-22)8-12-21/h5,12-13,16-17H,4,6-11,14H2,1-3H3/b15-5+/t16-,17+,19+,20+/m0/s1. The maximum atomic E-state index is 11.2. The van der Waals surface area contributed by atoms with Crippen LogP contribution in [0, 0.1) is 22.7 Å². The molecule has 0 radical (unpaired) electrons. The van der Waals surface area contributed by atoms with Gasteiger partial charge in [0.15, 0.2) is 0 Å². The summed E-state index contributed by atoms with van der Waals surface area (Å²) in [5.74, 6) is 1.19. The van der Waals surface area contributed by atoms with Crippen molar-refractivity contribution in [2.24, 2.45) is 22.7 Å². The van der Waals surface area contributed by atoms with Crippen LogP contribution in [0.3, 0.4) is 0 Å². The van der Waals surface area contributed by atoms with Crippen molar-refractivity contribution in [1.29, 1.82) is 0 Å². The summed E-state index contributed by atoms with van der Waals surface area (Å²) < 4.78 is 5.97. The molecule has 2 aliphatic carbocycles. The monoisotopic (exact) mass is 318 g/mol. The second-order valence-electron chi connectivity index (χ2n) is 8.85. The molecular formula is C20H30O3. The lowest BCUT2D eigenvalue weighted by Crippen LogP contribution is -2.54. The fraction of sp³-hybridized carbons (Fsp3) is 0.800. The van der Waals surface area contributed by atoms with Crippen LogP contribution < -0.4 is 0 Å². The number of hydrogen-bond acceptors (Lipinski definition) is 3. The molecule has 1 heterocycles. The molecule has 0 bridgehead atoms. The minimum Gasteiger partial charge on any atom is -0.369 e. The van der Waals surface area contributed by atoms with Gasteiger partial charge in [-0.25, -0.2) is 0 Å². The highest BCUT2D eigenvalue weighted by molar-refractivity contribution is 5.78. The molecule has 1 spiro atoms. The maximum absolute atomic E-state index is 11.2. The molecule has 3 aliphatic rings. The number of aldehydes is 2. The molecule has 1 aliphatic heterocycles. The van der Waals surface area contributed by atoms with Gasteiger partial charge in [0.05, 0.1) is 12.2 Å². The summed E-state index contributed by atoms with van der Waals surface area (Å²) in [6.07, 6.45) is 11.0. The van der Waals surface area contributed by atoms with E-state index in [0.717, 1.165) is 37.9 Å². The van der Waals surface area contributed by atoms with Crippen molar-refractivity contribution in [2.45, 2.75) is 71.3 Å². The van der Waals surface area contributed by atoms with Gasteiger partial charge in [-0.1, -0.05) is 33.3 Å². The van der Waals surface area contributed by atoms with E-state index in [2.05, 4.69) is 20.8 Å². The Morgan fingerprint density at radius 1 is 1.17 bits per heavy atom. The Kier molecular flexibility index (Phi) is 4.29. The molecule has 0 unspecified atom stereocenters. The third kappa shape index (κ3) is 2.82. The normalized spacial score (nSPS) is 42.1. The summed E-state index contributed by atoms with van der Waals surface area (Å²) >= 11 is 0. The largest absolute Gasteiger partial charge is 0.369 e. The summed E-state index contributed by atoms with van der Waals surface area (Å²) in [5.41, 5.74) is 1.34. The molecule has 3 nitrogen and oxygen atoms in total. The van der Waals surface area contributed by atoms with Crippen molar-refractivity contribution in [3.63, 3.8) is 0 Å². The van der Waals surface area contributed by atoms with Crippen LogP contribution >= 0.6 is 0 Å². The molecule has 4 atom stereocenters. The van der Waals surface area contributed by atoms with E-state index in [1.807, 2.05) is 6.08 Å². The molecule has 3 fully saturated rings. The average Bonchev–Trinajstić information content (AvgIpc) is 3.24. The predicted molar refractivity (Wildman–Crippen MR) is 90.1 cm³/mol. The molecule has 0 N–H and O–H groups in total. The van der Waals surface area contributed by atoms with E-state index in [-0.39, 0.29) is 17.4 Å². The van der Waals surface area contributed by atoms with Gasteiger partial charge in [-0.05, 0) is 60.3 Å². The number of carbonyl (C=O) groups excluding carboxylic acids is 2. The highest BCUT2D eigenvalue weighted by atomic mass is 16.6. The molecule has 3 heteroatoms. The van der Waals surface area contributed by atoms with Crippen LogP contribution in [0.2, 0.25) is 0 Å². The van der Waals surface area contributed by atoms with E-state index in [1.54, 1.807) is 0 Å². The smallest absolute Gasteiger partial charge is 0.146 e. The van der Waals surface area contributed by atoms with Crippen molar-refractivity contribution in [1.82, 2.24) is 0 Å². The topological polar surface area (TPSA) is 46.7 Å². The Morgan fingerprint density at radius 3 is 2.52 bits per heavy atom. The number of epoxide rings is 1. The van der Waals surface area contributed by atoms with Crippen molar-refractivity contribution in [3.05, 3.63) is 11.6 Å². The Morgan fingerprint density at radius 2 is 1.91 bits per heavy atom. The van der Waals surface area contributed by atoms with Gasteiger partial charge in [0, 0.05) is 6.42 Å². The van der Waals surface area contributed by atoms with Crippen molar-refractivity contribution in [2.75, 3.05) is 6.61 Å². The van der Waals surface area contributed by atoms with Crippen LogP contribution in [0.1, 0.15) is 65.7 Å². The quantitative estimate of drug-likeness (QED) is 0.435. The second kappa shape index (κ2) is 5.84. The number of fused-ring (bicyclic) bond motifs is 1. The van der Waals surface area contributed by atoms with E-state index in [1.165, 1.54) is 25.7 Å². The molecule has 1 saturated heterocycles. The zero-order valence-electron chi connectivity index (χ0n) is 14.8. The van der Waals surface area contributed by atoms with Gasteiger partial charge in [0.2, 0.25) is 0 Å². The fourth-order valence-electron chi connectivity index (χ4n) is 5.93. The van der Waals surface area contributed by atoms with Crippen molar-refractivity contribution >= 4 is 12.6 Å². The van der Waals surface area contributed by atoms with Crippen molar-refractivity contribution in [3.8, 4) is 0 Å². The van der Waals surface area contributed by atoms with E-state index in [0.29, 0.717) is 16.9 Å². The average molecular weight is 318 g/mol. The van der Waals surface area contributed by atoms with Gasteiger partial charge in [-0.15, -0.1) is 0 Å². The first kappa shape index (κ1) is 16.9. The molecule has 128 valence electrons. The molecule has 0 aromatic carbocycles. The van der Waals surface area contributed by atoms with Crippen LogP contribution in [0.25, 0.3) is 0 Å². The first-order chi connectivity index (χ1) is 10.9. The van der Waals surface area contributed by atoms with Crippen LogP contribution in [0.5, 0.6) is 0 Å². The minimum atomic E-state index is 0.0460. The second-order valence-corrected chi connectivity index (χ2v) is 8.85. The van der Waals surface area contributed by atoms with Crippen LogP contribution in [-0.4, -0.2) is 24.8 Å². The lowest BCUT2D eigenvalue weighted by atomic mass is 9.46. The summed E-state index contributed by atoms with van der Waals surface area (Å²) in [7, 11) is 0. The summed E-state index contributed by atoms with van der Waals surface area (Å²) in [5, 5.41) is 0. The number of hydrogen-bond donors (Lipinski definition) is 0. The highest BCUT2D eigenvalue weighted by Crippen LogP contribution is 2.66. The lowest BCUT2D eigenvalue weighted by Gasteiger charge is -2.59. The van der Waals surface area contributed by atoms with Gasteiger partial charge in [-0.2, -0.15) is 0 Å². The number of carbonyl (C=O) groups is 2. The van der Waals surface area contributed by atoms with Gasteiger partial charge in [-0.3, -0.25) is 4.79 Å². The first-order valence-corrected chi connectivity index (χ1v) is 9.10. The third-order valence-electron chi connectivity index (χ3n) is 7.16. The van der Waals surface area contributed by atoms with Gasteiger partial charge in [0.25, 0.3) is 0 Å². The number of allylic oxidation sites excluding steroid dienone is 2. The van der Waals surface area contributed by atoms with E-state index in [9.17, 15) is 9.59 Å². The molecule has 3 rings (SSSR count). The minimum absolute atomic E-state index is 0.0460. The summed E-state index contributed by atoms with van der Waals surface area (Å²) in [6, 6.07) is 0. The Bertz CT molecular complexity index is 515. The van der Waals surface area contributed by atoms with E-state index >= 15 is 0 Å². The van der Waals surface area contributed by atoms with Gasteiger partial charge >= 0.3 is 0 Å². The van der Waals surface area contributed by atoms with Crippen LogP contribution in [-0.2, 0) is 14.3 Å². The number of ether oxygens (including phenoxy) is 1. The molecule has 0 amide bonds. The zero-order valence-corrected chi connectivity index (χ0v) is 14.8. The number of rotatable bonds is 5. The molecule has 0 aromatic rings. The molecule has 2 saturated carbocycles. The van der Waals surface area contributed by atoms with E-state index in [4.69, 9.17) is 4.74 Å². The fourth-order valence-corrected chi connectivity index (χ4v) is 5.93. The highest BCUT2D eigenvalue weighted by Gasteiger charge is 2.64. The first-order valence-electron chi connectivity index (χ1n) is 9.10. The summed E-state index contributed by atoms with van der Waals surface area (Å²) in [6.45, 7) is 8.19. The maximum Gasteiger partial charge on any atom is 0.146 e.